The highest BCUT2D eigenvalue weighted by molar-refractivity contribution is 6.01. The predicted octanol–water partition coefficient (Wildman–Crippen LogP) is 3.84. The zero-order valence-electron chi connectivity index (χ0n) is 18.7. The fraction of sp³-hybridized carbons (Fsp3) is 0.292. The molecule has 1 unspecified atom stereocenters. The molecule has 1 atom stereocenters. The summed E-state index contributed by atoms with van der Waals surface area (Å²) < 4.78 is 5.24. The van der Waals surface area contributed by atoms with Crippen molar-refractivity contribution >= 4 is 28.7 Å². The lowest BCUT2D eigenvalue weighted by Crippen LogP contribution is -2.56. The minimum atomic E-state index is -1.31. The van der Waals surface area contributed by atoms with Crippen molar-refractivity contribution in [3.05, 3.63) is 64.0 Å². The lowest BCUT2D eigenvalue weighted by molar-refractivity contribution is -0.122. The van der Waals surface area contributed by atoms with E-state index in [1.54, 1.807) is 51.1 Å². The molecule has 1 heterocycles. The molecule has 0 radical (unpaired) electrons. The van der Waals surface area contributed by atoms with Gasteiger partial charge in [0.25, 0.3) is 0 Å². The molecule has 2 aromatic carbocycles. The highest BCUT2D eigenvalue weighted by atomic mass is 16.4. The second-order valence-corrected chi connectivity index (χ2v) is 8.72. The lowest BCUT2D eigenvalue weighted by atomic mass is 9.97. The number of nitrogens with zero attached hydrogens (tertiary/aromatic N) is 1. The summed E-state index contributed by atoms with van der Waals surface area (Å²) in [5.41, 5.74) is -1.52. The number of hydrogen-bond acceptors (Lipinski definition) is 6. The van der Waals surface area contributed by atoms with Gasteiger partial charge in [-0.25, -0.2) is 9.59 Å². The molecule has 33 heavy (non-hydrogen) atoms. The first-order valence-corrected chi connectivity index (χ1v) is 10.3. The van der Waals surface area contributed by atoms with E-state index in [4.69, 9.17) is 4.42 Å². The monoisotopic (exact) mass is 454 g/mol. The molecule has 0 saturated carbocycles. The van der Waals surface area contributed by atoms with Gasteiger partial charge in [0.2, 0.25) is 5.91 Å². The van der Waals surface area contributed by atoms with E-state index in [-0.39, 0.29) is 28.7 Å². The average molecular weight is 454 g/mol. The summed E-state index contributed by atoms with van der Waals surface area (Å²) in [4.78, 5) is 39.0. The Morgan fingerprint density at radius 1 is 1.09 bits per heavy atom. The van der Waals surface area contributed by atoms with Gasteiger partial charge in [0, 0.05) is 17.5 Å². The molecule has 1 aromatic heterocycles. The number of carbonyl (C=O) groups is 2. The quantitative estimate of drug-likeness (QED) is 0.429. The highest BCUT2D eigenvalue weighted by Crippen LogP contribution is 2.35. The number of amides is 2. The highest BCUT2D eigenvalue weighted by Gasteiger charge is 2.38. The molecule has 3 rings (SSSR count). The Morgan fingerprint density at radius 2 is 1.73 bits per heavy atom. The van der Waals surface area contributed by atoms with E-state index in [0.29, 0.717) is 5.56 Å². The molecule has 0 aliphatic rings. The molecular weight excluding hydrogens is 428 g/mol. The summed E-state index contributed by atoms with van der Waals surface area (Å²) in [5, 5.41) is 32.9. The van der Waals surface area contributed by atoms with Crippen molar-refractivity contribution in [3.8, 4) is 11.5 Å². The average Bonchev–Trinajstić information content (AvgIpc) is 2.73. The van der Waals surface area contributed by atoms with Crippen LogP contribution in [0.4, 0.5) is 10.5 Å². The maximum atomic E-state index is 13.3. The first-order valence-electron chi connectivity index (χ1n) is 10.3. The smallest absolute Gasteiger partial charge is 0.408 e. The predicted molar refractivity (Wildman–Crippen MR) is 123 cm³/mol. The Bertz CT molecular complexity index is 1260. The minimum absolute atomic E-state index is 0.0156. The molecule has 9 heteroatoms. The van der Waals surface area contributed by atoms with Gasteiger partial charge >= 0.3 is 11.7 Å². The number of carbonyl (C=O) groups excluding carboxylic acids is 1. The summed E-state index contributed by atoms with van der Waals surface area (Å²) in [7, 11) is 0. The number of phenolic OH excluding ortho intramolecular Hbond substituents is 1. The number of rotatable bonds is 5. The Hall–Kier alpha value is -4.01. The summed E-state index contributed by atoms with van der Waals surface area (Å²) in [5.74, 6) is -1.45. The van der Waals surface area contributed by atoms with Crippen LogP contribution in [0, 0.1) is 6.92 Å². The van der Waals surface area contributed by atoms with Crippen LogP contribution < -0.4 is 10.9 Å². The van der Waals surface area contributed by atoms with E-state index in [1.165, 1.54) is 19.1 Å². The van der Waals surface area contributed by atoms with E-state index >= 15 is 0 Å². The van der Waals surface area contributed by atoms with Crippen molar-refractivity contribution in [2.75, 3.05) is 5.32 Å². The van der Waals surface area contributed by atoms with Crippen LogP contribution in [-0.4, -0.2) is 43.8 Å². The number of aryl methyl sites for hydroxylation is 1. The van der Waals surface area contributed by atoms with Crippen LogP contribution in [0.1, 0.15) is 31.9 Å². The van der Waals surface area contributed by atoms with Crippen LogP contribution in [0.25, 0.3) is 11.0 Å². The molecule has 0 aliphatic heterocycles. The second kappa shape index (κ2) is 8.85. The Labute approximate surface area is 189 Å². The second-order valence-electron chi connectivity index (χ2n) is 8.72. The summed E-state index contributed by atoms with van der Waals surface area (Å²) in [6.07, 6.45) is -1.26. The molecule has 2 amide bonds. The number of fused-ring (bicyclic) bond motifs is 1. The van der Waals surface area contributed by atoms with E-state index in [9.17, 15) is 29.7 Å². The minimum Gasteiger partial charge on any atom is -0.508 e. The zero-order chi connectivity index (χ0) is 24.5. The summed E-state index contributed by atoms with van der Waals surface area (Å²) >= 11 is 0. The summed E-state index contributed by atoms with van der Waals surface area (Å²) in [6, 6.07) is 10.3. The van der Waals surface area contributed by atoms with Gasteiger partial charge < -0.3 is 25.1 Å². The van der Waals surface area contributed by atoms with Crippen LogP contribution in [0.5, 0.6) is 11.5 Å². The fourth-order valence-electron chi connectivity index (χ4n) is 3.72. The number of nitrogens with one attached hydrogen (secondary N) is 1. The molecular formula is C24H26N2O7. The van der Waals surface area contributed by atoms with Gasteiger partial charge in [0.15, 0.2) is 11.4 Å². The molecule has 0 bridgehead atoms. The van der Waals surface area contributed by atoms with Gasteiger partial charge in [-0.15, -0.1) is 0 Å². The van der Waals surface area contributed by atoms with Crippen LogP contribution >= 0.6 is 0 Å². The molecule has 0 saturated heterocycles. The van der Waals surface area contributed by atoms with E-state index < -0.39 is 40.6 Å². The maximum absolute atomic E-state index is 13.3. The van der Waals surface area contributed by atoms with Crippen molar-refractivity contribution in [2.45, 2.75) is 45.7 Å². The molecule has 0 fully saturated rings. The molecule has 4 N–H and O–H groups in total. The van der Waals surface area contributed by atoms with Crippen molar-refractivity contribution in [3.63, 3.8) is 0 Å². The topological polar surface area (TPSA) is 140 Å². The Balaban J connectivity index is 2.07. The van der Waals surface area contributed by atoms with Gasteiger partial charge in [-0.2, -0.15) is 0 Å². The van der Waals surface area contributed by atoms with Gasteiger partial charge in [-0.1, -0.05) is 30.3 Å². The maximum Gasteiger partial charge on any atom is 0.408 e. The molecule has 9 nitrogen and oxygen atoms in total. The number of aromatic hydroxyl groups is 2. The van der Waals surface area contributed by atoms with E-state index in [2.05, 4.69) is 5.32 Å². The SMILES string of the molecule is Cc1c(O)ccc2c(O)c(NC(=O)C(Cc3ccccc3)N(C(=O)O)C(C)(C)C)c(=O)oc12. The molecule has 0 spiro atoms. The molecule has 3 aromatic rings. The number of phenols is 1. The van der Waals surface area contributed by atoms with Crippen LogP contribution in [0.15, 0.2) is 51.7 Å². The van der Waals surface area contributed by atoms with E-state index in [1.807, 2.05) is 0 Å². The molecule has 174 valence electrons. The van der Waals surface area contributed by atoms with Crippen LogP contribution in [0.2, 0.25) is 0 Å². The normalized spacial score (nSPS) is 12.4. The van der Waals surface area contributed by atoms with Gasteiger partial charge in [-0.05, 0) is 45.4 Å². The Kier molecular flexibility index (Phi) is 6.34. The third-order valence-corrected chi connectivity index (χ3v) is 5.33. The number of hydrogen-bond donors (Lipinski definition) is 4. The third kappa shape index (κ3) is 4.77. The third-order valence-electron chi connectivity index (χ3n) is 5.33. The van der Waals surface area contributed by atoms with Gasteiger partial charge in [-0.3, -0.25) is 9.69 Å². The van der Waals surface area contributed by atoms with Crippen LogP contribution in [-0.2, 0) is 11.2 Å². The van der Waals surface area contributed by atoms with Gasteiger partial charge in [0.1, 0.15) is 17.4 Å². The fourth-order valence-corrected chi connectivity index (χ4v) is 3.72. The number of anilines is 1. The van der Waals surface area contributed by atoms with Crippen molar-refractivity contribution in [2.24, 2.45) is 0 Å². The summed E-state index contributed by atoms with van der Waals surface area (Å²) in [6.45, 7) is 6.48. The van der Waals surface area contributed by atoms with Crippen molar-refractivity contribution < 1.29 is 29.3 Å². The lowest BCUT2D eigenvalue weighted by Gasteiger charge is -2.38. The standard InChI is InChI=1S/C24H26N2O7/c1-13-17(27)11-10-15-19(28)18(22(30)33-20(13)15)25-21(29)16(12-14-8-6-5-7-9-14)26(23(31)32)24(2,3)4/h5-11,16,27-28H,12H2,1-4H3,(H,25,29)(H,31,32). The first-order chi connectivity index (χ1) is 15.4. The van der Waals surface area contributed by atoms with Crippen molar-refractivity contribution in [1.82, 2.24) is 4.90 Å². The largest absolute Gasteiger partial charge is 0.508 e. The van der Waals surface area contributed by atoms with Crippen molar-refractivity contribution in [1.29, 1.82) is 0 Å². The van der Waals surface area contributed by atoms with Gasteiger partial charge in [0.05, 0.1) is 5.39 Å². The first kappa shape index (κ1) is 23.6. The number of carboxylic acid groups (broad SMARTS) is 1. The molecule has 0 aliphatic carbocycles. The Morgan fingerprint density at radius 3 is 2.30 bits per heavy atom. The van der Waals surface area contributed by atoms with E-state index in [0.717, 1.165) is 4.90 Å². The zero-order valence-corrected chi connectivity index (χ0v) is 18.7. The number of benzene rings is 2. The van der Waals surface area contributed by atoms with Crippen LogP contribution in [0.3, 0.4) is 0 Å².